The molecule has 0 bridgehead atoms. The lowest BCUT2D eigenvalue weighted by molar-refractivity contribution is 0.241. The zero-order chi connectivity index (χ0) is 16.7. The van der Waals surface area contributed by atoms with Crippen molar-refractivity contribution in [1.82, 2.24) is 0 Å². The Hall–Kier alpha value is -0.430. The molecule has 0 radical (unpaired) electrons. The monoisotopic (exact) mass is 330 g/mol. The van der Waals surface area contributed by atoms with Gasteiger partial charge in [-0.2, -0.15) is 0 Å². The van der Waals surface area contributed by atoms with Crippen LogP contribution in [-0.4, -0.2) is 6.61 Å². The molecular formula is C20H39ClO. The van der Waals surface area contributed by atoms with Gasteiger partial charge in [0.15, 0.2) is 0 Å². The maximum absolute atomic E-state index is 5.10. The number of hydrogen-bond acceptors (Lipinski definition) is 1. The van der Waals surface area contributed by atoms with E-state index in [1.807, 2.05) is 0 Å². The highest BCUT2D eigenvalue weighted by Gasteiger charge is 1.93. The summed E-state index contributed by atoms with van der Waals surface area (Å²) in [5, 5.41) is 0. The van der Waals surface area contributed by atoms with Gasteiger partial charge in [-0.1, -0.05) is 115 Å². The van der Waals surface area contributed by atoms with Crippen LogP contribution in [0.5, 0.6) is 0 Å². The van der Waals surface area contributed by atoms with Gasteiger partial charge in [0.05, 0.1) is 12.9 Å². The summed E-state index contributed by atoms with van der Waals surface area (Å²) in [7, 11) is 0. The molecular weight excluding hydrogens is 292 g/mol. The lowest BCUT2D eigenvalue weighted by Gasteiger charge is -2.03. The van der Waals surface area contributed by atoms with E-state index >= 15 is 0 Å². The van der Waals surface area contributed by atoms with Gasteiger partial charge in [0, 0.05) is 0 Å². The molecule has 0 saturated heterocycles. The minimum Gasteiger partial charge on any atom is -0.502 e. The van der Waals surface area contributed by atoms with Gasteiger partial charge in [0.2, 0.25) is 0 Å². The molecule has 0 atom stereocenters. The molecule has 0 fully saturated rings. The molecule has 0 rings (SSSR count). The minimum atomic E-state index is 0.849. The average molecular weight is 331 g/mol. The van der Waals surface area contributed by atoms with Gasteiger partial charge in [-0.05, 0) is 12.0 Å². The molecule has 0 aliphatic rings. The smallest absolute Gasteiger partial charge is 0.0873 e. The fourth-order valence-electron chi connectivity index (χ4n) is 2.46. The van der Waals surface area contributed by atoms with Crippen LogP contribution in [0, 0.1) is 0 Å². The minimum absolute atomic E-state index is 0.849. The molecule has 2 heteroatoms. The van der Waals surface area contributed by atoms with Gasteiger partial charge in [-0.3, -0.25) is 0 Å². The highest BCUT2D eigenvalue weighted by atomic mass is 35.5. The van der Waals surface area contributed by atoms with Crippen molar-refractivity contribution >= 4 is 11.6 Å². The second-order valence-corrected chi connectivity index (χ2v) is 6.10. The fourth-order valence-corrected chi connectivity index (χ4v) is 2.46. The lowest BCUT2D eigenvalue weighted by Crippen LogP contribution is -1.87. The normalized spacial score (nSPS) is 9.73. The molecule has 0 heterocycles. The lowest BCUT2D eigenvalue weighted by atomic mass is 10.0. The summed E-state index contributed by atoms with van der Waals surface area (Å²) in [5.74, 6) is 0. The fraction of sp³-hybridized carbons (Fsp3) is 0.800. The Morgan fingerprint density at radius 2 is 1.00 bits per heavy atom. The Morgan fingerprint density at radius 3 is 1.32 bits per heavy atom. The number of unbranched alkanes of at least 4 members (excludes halogenated alkanes) is 13. The third kappa shape index (κ3) is 27.8. The van der Waals surface area contributed by atoms with E-state index in [4.69, 9.17) is 16.3 Å². The van der Waals surface area contributed by atoms with Gasteiger partial charge in [-0.25, -0.2) is 0 Å². The Balaban J connectivity index is 0. The van der Waals surface area contributed by atoms with Gasteiger partial charge in [0.25, 0.3) is 0 Å². The van der Waals surface area contributed by atoms with Gasteiger partial charge in [0.1, 0.15) is 0 Å². The van der Waals surface area contributed by atoms with Crippen molar-refractivity contribution in [2.24, 2.45) is 0 Å². The van der Waals surface area contributed by atoms with Crippen molar-refractivity contribution in [3.63, 3.8) is 0 Å². The van der Waals surface area contributed by atoms with Crippen LogP contribution in [0.25, 0.3) is 0 Å². The van der Waals surface area contributed by atoms with E-state index < -0.39 is 0 Å². The number of ether oxygens (including phenoxy) is 1. The molecule has 0 saturated carbocycles. The molecule has 0 aliphatic heterocycles. The summed E-state index contributed by atoms with van der Waals surface area (Å²) in [6, 6.07) is 0. The van der Waals surface area contributed by atoms with Crippen LogP contribution in [0.3, 0.4) is 0 Å². The van der Waals surface area contributed by atoms with Crippen LogP contribution in [-0.2, 0) is 4.74 Å². The van der Waals surface area contributed by atoms with Crippen LogP contribution in [0.2, 0.25) is 0 Å². The second kappa shape index (κ2) is 25.5. The summed E-state index contributed by atoms with van der Waals surface area (Å²) in [5.41, 5.74) is 1.22. The molecule has 0 aromatic rings. The maximum atomic E-state index is 5.10. The summed E-state index contributed by atoms with van der Waals surface area (Å²) in [4.78, 5) is 0. The SMILES string of the molecule is C=CCl.C=COCCCCCCCCCCCCCCCC. The van der Waals surface area contributed by atoms with Crippen LogP contribution in [0.15, 0.2) is 25.0 Å². The van der Waals surface area contributed by atoms with Crippen LogP contribution >= 0.6 is 11.6 Å². The van der Waals surface area contributed by atoms with E-state index in [9.17, 15) is 0 Å². The highest BCUT2D eigenvalue weighted by molar-refractivity contribution is 6.25. The highest BCUT2D eigenvalue weighted by Crippen LogP contribution is 2.12. The predicted molar refractivity (Wildman–Crippen MR) is 103 cm³/mol. The van der Waals surface area contributed by atoms with Crippen molar-refractivity contribution in [2.75, 3.05) is 6.61 Å². The van der Waals surface area contributed by atoms with Crippen molar-refractivity contribution in [1.29, 1.82) is 0 Å². The summed E-state index contributed by atoms with van der Waals surface area (Å²) >= 11 is 4.76. The van der Waals surface area contributed by atoms with E-state index in [0.29, 0.717) is 0 Å². The van der Waals surface area contributed by atoms with Crippen LogP contribution in [0.4, 0.5) is 0 Å². The first-order chi connectivity index (χ1) is 10.8. The third-order valence-corrected chi connectivity index (χ3v) is 3.73. The van der Waals surface area contributed by atoms with Crippen LogP contribution in [0.1, 0.15) is 96.8 Å². The van der Waals surface area contributed by atoms with Crippen molar-refractivity contribution in [3.8, 4) is 0 Å². The molecule has 0 N–H and O–H groups in total. The standard InChI is InChI=1S/C18H36O.C2H3Cl/c1-3-5-6-7-8-9-10-11-12-13-14-15-16-17-18-19-4-2;1-2-3/h4H,2-3,5-18H2,1H3;2H,1H2. The second-order valence-electron chi connectivity index (χ2n) is 5.79. The number of halogens is 1. The zero-order valence-electron chi connectivity index (χ0n) is 15.0. The number of hydrogen-bond donors (Lipinski definition) is 0. The first-order valence-electron chi connectivity index (χ1n) is 9.27. The largest absolute Gasteiger partial charge is 0.502 e. The first-order valence-corrected chi connectivity index (χ1v) is 9.70. The Morgan fingerprint density at radius 1 is 0.682 bits per heavy atom. The molecule has 132 valence electrons. The van der Waals surface area contributed by atoms with Gasteiger partial charge in [-0.15, -0.1) is 0 Å². The van der Waals surface area contributed by atoms with E-state index in [-0.39, 0.29) is 0 Å². The van der Waals surface area contributed by atoms with E-state index in [1.165, 1.54) is 95.4 Å². The Bertz CT molecular complexity index is 204. The zero-order valence-corrected chi connectivity index (χ0v) is 15.7. The van der Waals surface area contributed by atoms with Crippen molar-refractivity contribution < 1.29 is 4.74 Å². The van der Waals surface area contributed by atoms with E-state index in [2.05, 4.69) is 20.1 Å². The van der Waals surface area contributed by atoms with Gasteiger partial charge < -0.3 is 4.74 Å². The molecule has 0 unspecified atom stereocenters. The summed E-state index contributed by atoms with van der Waals surface area (Å²) in [6.45, 7) is 9.80. The van der Waals surface area contributed by atoms with Crippen molar-refractivity contribution in [2.45, 2.75) is 96.8 Å². The topological polar surface area (TPSA) is 9.23 Å². The Labute approximate surface area is 145 Å². The molecule has 0 spiro atoms. The maximum Gasteiger partial charge on any atom is 0.0873 e. The molecule has 22 heavy (non-hydrogen) atoms. The Kier molecular flexibility index (Phi) is 27.6. The van der Waals surface area contributed by atoms with Gasteiger partial charge >= 0.3 is 0 Å². The van der Waals surface area contributed by atoms with Crippen LogP contribution < -0.4 is 0 Å². The van der Waals surface area contributed by atoms with E-state index in [0.717, 1.165) is 6.61 Å². The molecule has 1 nitrogen and oxygen atoms in total. The summed E-state index contributed by atoms with van der Waals surface area (Å²) < 4.78 is 5.10. The quantitative estimate of drug-likeness (QED) is 0.206. The average Bonchev–Trinajstić information content (AvgIpc) is 2.52. The summed E-state index contributed by atoms with van der Waals surface area (Å²) in [6.07, 6.45) is 21.2. The third-order valence-electron chi connectivity index (χ3n) is 3.73. The molecule has 0 amide bonds. The molecule has 0 aliphatic carbocycles. The number of rotatable bonds is 16. The van der Waals surface area contributed by atoms with Crippen molar-refractivity contribution in [3.05, 3.63) is 25.0 Å². The molecule has 0 aromatic carbocycles. The predicted octanol–water partition coefficient (Wildman–Crippen LogP) is 8.00. The van der Waals surface area contributed by atoms with E-state index in [1.54, 1.807) is 6.26 Å². The molecule has 0 aromatic heterocycles. The first kappa shape index (κ1) is 23.8.